The third-order valence-corrected chi connectivity index (χ3v) is 3.98. The lowest BCUT2D eigenvalue weighted by Gasteiger charge is -2.05. The van der Waals surface area contributed by atoms with Crippen LogP contribution in [0.5, 0.6) is 0 Å². The van der Waals surface area contributed by atoms with Gasteiger partial charge < -0.3 is 5.11 Å². The van der Waals surface area contributed by atoms with E-state index in [1.807, 2.05) is 0 Å². The van der Waals surface area contributed by atoms with Crippen molar-refractivity contribution in [2.75, 3.05) is 12.4 Å². The number of sulfone groups is 1. The van der Waals surface area contributed by atoms with E-state index in [0.29, 0.717) is 10.6 Å². The van der Waals surface area contributed by atoms with Gasteiger partial charge in [-0.05, 0) is 18.1 Å². The zero-order valence-electron chi connectivity index (χ0n) is 8.19. The van der Waals surface area contributed by atoms with Gasteiger partial charge in [0.2, 0.25) is 0 Å². The van der Waals surface area contributed by atoms with E-state index < -0.39 is 9.84 Å². The Morgan fingerprint density at radius 1 is 1.27 bits per heavy atom. The summed E-state index contributed by atoms with van der Waals surface area (Å²) in [6.07, 6.45) is 0.271. The Kier molecular flexibility index (Phi) is 4.57. The van der Waals surface area contributed by atoms with Gasteiger partial charge in [0.05, 0.1) is 11.5 Å². The number of aliphatic hydroxyl groups is 1. The molecule has 15 heavy (non-hydrogen) atoms. The first-order valence-corrected chi connectivity index (χ1v) is 6.80. The third-order valence-electron chi connectivity index (χ3n) is 1.95. The molecule has 0 spiro atoms. The molecule has 0 fully saturated rings. The smallest absolute Gasteiger partial charge is 0.154 e. The topological polar surface area (TPSA) is 54.4 Å². The monoisotopic (exact) mass is 248 g/mol. The molecule has 0 amide bonds. The van der Waals surface area contributed by atoms with Crippen LogP contribution in [0.3, 0.4) is 0 Å². The third kappa shape index (κ3) is 4.20. The minimum atomic E-state index is -3.16. The average Bonchev–Trinajstić information content (AvgIpc) is 2.18. The van der Waals surface area contributed by atoms with E-state index in [0.717, 1.165) is 0 Å². The second kappa shape index (κ2) is 5.49. The highest BCUT2D eigenvalue weighted by Crippen LogP contribution is 2.18. The van der Waals surface area contributed by atoms with E-state index in [1.165, 1.54) is 0 Å². The molecule has 0 aliphatic rings. The van der Waals surface area contributed by atoms with Gasteiger partial charge in [-0.15, -0.1) is 0 Å². The van der Waals surface area contributed by atoms with E-state index in [-0.39, 0.29) is 24.5 Å². The second-order valence-corrected chi connectivity index (χ2v) is 5.85. The van der Waals surface area contributed by atoms with Crippen molar-refractivity contribution in [1.29, 1.82) is 0 Å². The maximum atomic E-state index is 11.5. The van der Waals surface area contributed by atoms with Crippen LogP contribution in [0.15, 0.2) is 24.3 Å². The molecule has 0 aromatic heterocycles. The Bertz CT molecular complexity index is 414. The Labute approximate surface area is 94.6 Å². The molecule has 0 saturated heterocycles. The lowest BCUT2D eigenvalue weighted by molar-refractivity contribution is 0.295. The molecule has 0 bridgehead atoms. The summed E-state index contributed by atoms with van der Waals surface area (Å²) in [6, 6.07) is 6.87. The fourth-order valence-corrected chi connectivity index (χ4v) is 2.93. The summed E-state index contributed by atoms with van der Waals surface area (Å²) in [6.45, 7) is -0.109. The van der Waals surface area contributed by atoms with E-state index >= 15 is 0 Å². The molecule has 1 aromatic rings. The van der Waals surface area contributed by atoms with Crippen LogP contribution in [0.4, 0.5) is 0 Å². The van der Waals surface area contributed by atoms with Crippen molar-refractivity contribution in [3.05, 3.63) is 34.9 Å². The van der Waals surface area contributed by atoms with Crippen molar-refractivity contribution in [3.63, 3.8) is 0 Å². The maximum Gasteiger partial charge on any atom is 0.154 e. The van der Waals surface area contributed by atoms with Gasteiger partial charge >= 0.3 is 0 Å². The van der Waals surface area contributed by atoms with Gasteiger partial charge in [-0.2, -0.15) is 0 Å². The average molecular weight is 249 g/mol. The standard InChI is InChI=1S/C10H13ClO3S/c11-10-5-2-1-4-9(10)8-15(13,14)7-3-6-12/h1-2,4-5,12H,3,6-8H2. The first-order chi connectivity index (χ1) is 7.05. The molecule has 1 rings (SSSR count). The molecule has 1 aromatic carbocycles. The summed E-state index contributed by atoms with van der Waals surface area (Å²) in [5, 5.41) is 9.02. The summed E-state index contributed by atoms with van der Waals surface area (Å²) in [5.41, 5.74) is 0.608. The number of aliphatic hydroxyl groups excluding tert-OH is 1. The van der Waals surface area contributed by atoms with Crippen LogP contribution in [0.25, 0.3) is 0 Å². The molecule has 5 heteroatoms. The fourth-order valence-electron chi connectivity index (χ4n) is 1.21. The number of halogens is 1. The zero-order valence-corrected chi connectivity index (χ0v) is 9.76. The molecular weight excluding hydrogens is 236 g/mol. The predicted octanol–water partition coefficient (Wildman–Crippen LogP) is 1.64. The van der Waals surface area contributed by atoms with Gasteiger partial charge in [0.15, 0.2) is 9.84 Å². The first kappa shape index (κ1) is 12.5. The molecule has 0 aliphatic carbocycles. The molecule has 0 heterocycles. The largest absolute Gasteiger partial charge is 0.396 e. The van der Waals surface area contributed by atoms with Gasteiger partial charge in [0.1, 0.15) is 0 Å². The predicted molar refractivity (Wildman–Crippen MR) is 60.6 cm³/mol. The van der Waals surface area contributed by atoms with Crippen molar-refractivity contribution in [2.24, 2.45) is 0 Å². The number of benzene rings is 1. The van der Waals surface area contributed by atoms with Crippen molar-refractivity contribution in [1.82, 2.24) is 0 Å². The van der Waals surface area contributed by atoms with Crippen LogP contribution in [0.1, 0.15) is 12.0 Å². The van der Waals surface area contributed by atoms with E-state index in [4.69, 9.17) is 16.7 Å². The van der Waals surface area contributed by atoms with E-state index in [1.54, 1.807) is 24.3 Å². The summed E-state index contributed by atoms with van der Waals surface area (Å²) in [7, 11) is -3.16. The highest BCUT2D eigenvalue weighted by Gasteiger charge is 2.13. The molecule has 84 valence electrons. The quantitative estimate of drug-likeness (QED) is 0.862. The molecular formula is C10H13ClO3S. The molecule has 3 nitrogen and oxygen atoms in total. The highest BCUT2D eigenvalue weighted by molar-refractivity contribution is 7.90. The Hall–Kier alpha value is -0.580. The van der Waals surface area contributed by atoms with Gasteiger partial charge in [-0.25, -0.2) is 8.42 Å². The molecule has 0 unspecified atom stereocenters. The molecule has 1 N–H and O–H groups in total. The summed E-state index contributed by atoms with van der Waals surface area (Å²) in [4.78, 5) is 0. The number of rotatable bonds is 5. The van der Waals surface area contributed by atoms with Gasteiger partial charge in [-0.1, -0.05) is 29.8 Å². The second-order valence-electron chi connectivity index (χ2n) is 3.26. The van der Waals surface area contributed by atoms with Crippen molar-refractivity contribution in [2.45, 2.75) is 12.2 Å². The van der Waals surface area contributed by atoms with Gasteiger partial charge in [0.25, 0.3) is 0 Å². The van der Waals surface area contributed by atoms with Crippen molar-refractivity contribution in [3.8, 4) is 0 Å². The minimum Gasteiger partial charge on any atom is -0.396 e. The van der Waals surface area contributed by atoms with Crippen molar-refractivity contribution >= 4 is 21.4 Å². The van der Waals surface area contributed by atoms with E-state index in [9.17, 15) is 8.42 Å². The molecule has 0 radical (unpaired) electrons. The van der Waals surface area contributed by atoms with Gasteiger partial charge in [-0.3, -0.25) is 0 Å². The molecule has 0 aliphatic heterocycles. The van der Waals surface area contributed by atoms with Gasteiger partial charge in [0, 0.05) is 11.6 Å². The normalized spacial score (nSPS) is 11.6. The van der Waals surface area contributed by atoms with Crippen LogP contribution in [0, 0.1) is 0 Å². The molecule has 0 saturated carbocycles. The Balaban J connectivity index is 2.74. The Morgan fingerprint density at radius 3 is 2.53 bits per heavy atom. The summed E-state index contributed by atoms with van der Waals surface area (Å²) in [5.74, 6) is -0.0681. The summed E-state index contributed by atoms with van der Waals surface area (Å²) >= 11 is 5.85. The minimum absolute atomic E-state index is 0.00523. The SMILES string of the molecule is O=S(=O)(CCCO)Cc1ccccc1Cl. The van der Waals surface area contributed by atoms with Crippen LogP contribution < -0.4 is 0 Å². The first-order valence-electron chi connectivity index (χ1n) is 4.60. The van der Waals surface area contributed by atoms with Crippen LogP contribution in [-0.2, 0) is 15.6 Å². The maximum absolute atomic E-state index is 11.5. The van der Waals surface area contributed by atoms with Crippen molar-refractivity contribution < 1.29 is 13.5 Å². The fraction of sp³-hybridized carbons (Fsp3) is 0.400. The van der Waals surface area contributed by atoms with Crippen LogP contribution in [-0.4, -0.2) is 25.9 Å². The lowest BCUT2D eigenvalue weighted by Crippen LogP contribution is -2.10. The Morgan fingerprint density at radius 2 is 1.93 bits per heavy atom. The number of hydrogen-bond acceptors (Lipinski definition) is 3. The zero-order chi connectivity index (χ0) is 11.3. The molecule has 0 atom stereocenters. The van der Waals surface area contributed by atoms with E-state index in [2.05, 4.69) is 0 Å². The van der Waals surface area contributed by atoms with Crippen LogP contribution in [0.2, 0.25) is 5.02 Å². The lowest BCUT2D eigenvalue weighted by atomic mass is 10.2. The highest BCUT2D eigenvalue weighted by atomic mass is 35.5. The summed E-state index contributed by atoms with van der Waals surface area (Å²) < 4.78 is 23.1. The number of hydrogen-bond donors (Lipinski definition) is 1. The van der Waals surface area contributed by atoms with Crippen LogP contribution >= 0.6 is 11.6 Å².